The zero-order valence-corrected chi connectivity index (χ0v) is 18.0. The number of rotatable bonds is 7. The lowest BCUT2D eigenvalue weighted by molar-refractivity contribution is 0.0838. The number of benzene rings is 1. The average Bonchev–Trinajstić information content (AvgIpc) is 3.16. The Bertz CT molecular complexity index is 1290. The fraction of sp³-hybridized carbons (Fsp3) is 0.208. The van der Waals surface area contributed by atoms with Crippen molar-refractivity contribution in [3.63, 3.8) is 0 Å². The fourth-order valence-corrected chi connectivity index (χ4v) is 3.55. The smallest absolute Gasteiger partial charge is 0.271 e. The Hall–Kier alpha value is -3.85. The largest absolute Gasteiger partial charge is 0.485 e. The van der Waals surface area contributed by atoms with Crippen molar-refractivity contribution in [3.05, 3.63) is 95.2 Å². The number of pyridine rings is 2. The van der Waals surface area contributed by atoms with Crippen LogP contribution in [0.4, 0.5) is 8.78 Å². The van der Waals surface area contributed by atoms with Crippen LogP contribution in [0.25, 0.3) is 5.65 Å². The monoisotopic (exact) mass is 452 g/mol. The molecule has 33 heavy (non-hydrogen) atoms. The predicted octanol–water partition coefficient (Wildman–Crippen LogP) is 3.53. The molecule has 1 aromatic carbocycles. The number of imidazole rings is 1. The summed E-state index contributed by atoms with van der Waals surface area (Å²) in [6.45, 7) is 2.63. The zero-order valence-electron chi connectivity index (χ0n) is 18.0. The van der Waals surface area contributed by atoms with E-state index in [2.05, 4.69) is 15.3 Å². The van der Waals surface area contributed by atoms with E-state index in [1.54, 1.807) is 56.6 Å². The summed E-state index contributed by atoms with van der Waals surface area (Å²) < 4.78 is 35.1. The van der Waals surface area contributed by atoms with Gasteiger partial charge in [-0.05, 0) is 50.2 Å². The standard InChI is InChI=1S/C24H22F2N4O3/c1-15-21(23(32)29-24(2,14-31)20-10-3-4-11-27-20)30-12-6-9-19(22(30)28-15)33-13-16-17(25)7-5-8-18(16)26/h3-12,31H,13-14H2,1-2H3,(H,29,32)/t24-/m0/s1. The van der Waals surface area contributed by atoms with Crippen molar-refractivity contribution in [1.82, 2.24) is 19.7 Å². The molecule has 0 aliphatic carbocycles. The Morgan fingerprint density at radius 1 is 1.15 bits per heavy atom. The number of aliphatic hydroxyl groups excluding tert-OH is 1. The van der Waals surface area contributed by atoms with Crippen molar-refractivity contribution >= 4 is 11.6 Å². The normalized spacial score (nSPS) is 13.0. The van der Waals surface area contributed by atoms with Crippen LogP contribution in [0, 0.1) is 18.6 Å². The highest BCUT2D eigenvalue weighted by Gasteiger charge is 2.31. The third-order valence-corrected chi connectivity index (χ3v) is 5.37. The summed E-state index contributed by atoms with van der Waals surface area (Å²) in [5.41, 5.74) is 0.161. The number of hydrogen-bond donors (Lipinski definition) is 2. The zero-order chi connectivity index (χ0) is 23.6. The second-order valence-electron chi connectivity index (χ2n) is 7.76. The number of hydrogen-bond acceptors (Lipinski definition) is 5. The van der Waals surface area contributed by atoms with E-state index in [1.165, 1.54) is 10.5 Å². The van der Waals surface area contributed by atoms with Gasteiger partial charge in [-0.25, -0.2) is 13.8 Å². The Labute approximate surface area is 188 Å². The van der Waals surface area contributed by atoms with E-state index in [-0.39, 0.29) is 30.2 Å². The van der Waals surface area contributed by atoms with Crippen LogP contribution in [0.1, 0.15) is 34.4 Å². The van der Waals surface area contributed by atoms with Gasteiger partial charge in [0, 0.05) is 12.4 Å². The quantitative estimate of drug-likeness (QED) is 0.448. The average molecular weight is 452 g/mol. The highest BCUT2D eigenvalue weighted by Crippen LogP contribution is 2.25. The lowest BCUT2D eigenvalue weighted by atomic mass is 9.98. The summed E-state index contributed by atoms with van der Waals surface area (Å²) in [5.74, 6) is -1.63. The molecule has 1 atom stereocenters. The molecule has 0 saturated carbocycles. The molecule has 2 N–H and O–H groups in total. The van der Waals surface area contributed by atoms with Gasteiger partial charge in [-0.15, -0.1) is 0 Å². The minimum absolute atomic E-state index is 0.199. The van der Waals surface area contributed by atoms with E-state index in [0.29, 0.717) is 17.0 Å². The molecule has 170 valence electrons. The molecule has 4 aromatic rings. The third kappa shape index (κ3) is 4.27. The van der Waals surface area contributed by atoms with Crippen molar-refractivity contribution in [3.8, 4) is 5.75 Å². The van der Waals surface area contributed by atoms with Gasteiger partial charge in [-0.2, -0.15) is 0 Å². The first-order chi connectivity index (χ1) is 15.8. The summed E-state index contributed by atoms with van der Waals surface area (Å²) in [4.78, 5) is 21.9. The van der Waals surface area contributed by atoms with Crippen LogP contribution in [0.3, 0.4) is 0 Å². The summed E-state index contributed by atoms with van der Waals surface area (Å²) >= 11 is 0. The SMILES string of the molecule is Cc1nc2c(OCc3c(F)cccc3F)cccn2c1C(=O)N[C@@](C)(CO)c1ccccn1. The van der Waals surface area contributed by atoms with Crippen molar-refractivity contribution in [2.75, 3.05) is 6.61 Å². The van der Waals surface area contributed by atoms with Gasteiger partial charge in [-0.3, -0.25) is 14.2 Å². The van der Waals surface area contributed by atoms with Crippen molar-refractivity contribution in [1.29, 1.82) is 0 Å². The van der Waals surface area contributed by atoms with Crippen LogP contribution in [0.5, 0.6) is 5.75 Å². The second kappa shape index (κ2) is 8.95. The summed E-state index contributed by atoms with van der Waals surface area (Å²) in [6, 6.07) is 12.1. The number of carbonyl (C=O) groups is 1. The maximum Gasteiger partial charge on any atom is 0.271 e. The molecule has 0 aliphatic rings. The van der Waals surface area contributed by atoms with Crippen LogP contribution in [0.2, 0.25) is 0 Å². The highest BCUT2D eigenvalue weighted by molar-refractivity contribution is 5.95. The topological polar surface area (TPSA) is 88.8 Å². The van der Waals surface area contributed by atoms with Gasteiger partial charge in [-0.1, -0.05) is 12.1 Å². The molecule has 3 heterocycles. The third-order valence-electron chi connectivity index (χ3n) is 5.37. The van der Waals surface area contributed by atoms with Gasteiger partial charge >= 0.3 is 0 Å². The number of aromatic nitrogens is 3. The number of aliphatic hydroxyl groups is 1. The van der Waals surface area contributed by atoms with E-state index in [1.807, 2.05) is 0 Å². The van der Waals surface area contributed by atoms with Gasteiger partial charge in [0.1, 0.15) is 29.5 Å². The van der Waals surface area contributed by atoms with Gasteiger partial charge < -0.3 is 15.2 Å². The van der Waals surface area contributed by atoms with Crippen LogP contribution in [-0.4, -0.2) is 32.0 Å². The molecule has 9 heteroatoms. The molecule has 0 fully saturated rings. The first kappa shape index (κ1) is 22.3. The van der Waals surface area contributed by atoms with E-state index in [4.69, 9.17) is 4.74 Å². The minimum Gasteiger partial charge on any atom is -0.485 e. The number of aryl methyl sites for hydroxylation is 1. The molecule has 1 amide bonds. The van der Waals surface area contributed by atoms with Crippen LogP contribution >= 0.6 is 0 Å². The van der Waals surface area contributed by atoms with Gasteiger partial charge in [0.05, 0.1) is 23.6 Å². The number of amides is 1. The molecule has 4 rings (SSSR count). The molecule has 0 unspecified atom stereocenters. The molecule has 0 spiro atoms. The maximum atomic E-state index is 14.0. The van der Waals surface area contributed by atoms with Crippen LogP contribution in [-0.2, 0) is 12.1 Å². The van der Waals surface area contributed by atoms with Crippen molar-refractivity contribution in [2.45, 2.75) is 26.0 Å². The van der Waals surface area contributed by atoms with Crippen molar-refractivity contribution in [2.24, 2.45) is 0 Å². The molecule has 0 aliphatic heterocycles. The molecule has 7 nitrogen and oxygen atoms in total. The maximum absolute atomic E-state index is 14.0. The van der Waals surface area contributed by atoms with E-state index in [0.717, 1.165) is 12.1 Å². The van der Waals surface area contributed by atoms with Gasteiger partial charge in [0.15, 0.2) is 11.4 Å². The van der Waals surface area contributed by atoms with Crippen LogP contribution in [0.15, 0.2) is 60.9 Å². The molecule has 0 saturated heterocycles. The Morgan fingerprint density at radius 2 is 1.91 bits per heavy atom. The van der Waals surface area contributed by atoms with Crippen LogP contribution < -0.4 is 10.1 Å². The Balaban J connectivity index is 1.64. The molecular weight excluding hydrogens is 430 g/mol. The van der Waals surface area contributed by atoms with Gasteiger partial charge in [0.2, 0.25) is 0 Å². The number of nitrogens with one attached hydrogen (secondary N) is 1. The van der Waals surface area contributed by atoms with E-state index in [9.17, 15) is 18.7 Å². The van der Waals surface area contributed by atoms with E-state index >= 15 is 0 Å². The fourth-order valence-electron chi connectivity index (χ4n) is 3.55. The number of fused-ring (bicyclic) bond motifs is 1. The molecular formula is C24H22F2N4O3. The first-order valence-electron chi connectivity index (χ1n) is 10.2. The minimum atomic E-state index is -1.12. The highest BCUT2D eigenvalue weighted by atomic mass is 19.1. The number of nitrogens with zero attached hydrogens (tertiary/aromatic N) is 3. The first-order valence-corrected chi connectivity index (χ1v) is 10.2. The molecule has 0 radical (unpaired) electrons. The lowest BCUT2D eigenvalue weighted by Crippen LogP contribution is -2.47. The second-order valence-corrected chi connectivity index (χ2v) is 7.76. The number of halogens is 2. The summed E-state index contributed by atoms with van der Waals surface area (Å²) in [6.07, 6.45) is 3.22. The predicted molar refractivity (Wildman–Crippen MR) is 117 cm³/mol. The van der Waals surface area contributed by atoms with Crippen molar-refractivity contribution < 1.29 is 23.4 Å². The molecule has 3 aromatic heterocycles. The number of ether oxygens (including phenoxy) is 1. The molecule has 0 bridgehead atoms. The summed E-state index contributed by atoms with van der Waals surface area (Å²) in [7, 11) is 0. The van der Waals surface area contributed by atoms with E-state index < -0.39 is 23.1 Å². The van der Waals surface area contributed by atoms with Gasteiger partial charge in [0.25, 0.3) is 5.91 Å². The lowest BCUT2D eigenvalue weighted by Gasteiger charge is -2.28. The number of carbonyl (C=O) groups excluding carboxylic acids is 1. The Morgan fingerprint density at radius 3 is 2.58 bits per heavy atom. The Kier molecular flexibility index (Phi) is 6.06. The summed E-state index contributed by atoms with van der Waals surface area (Å²) in [5, 5.41) is 12.8.